The van der Waals surface area contributed by atoms with Crippen LogP contribution in [-0.4, -0.2) is 39.9 Å². The number of likely N-dealkylation sites (tertiary alicyclic amines) is 1. The van der Waals surface area contributed by atoms with Crippen LogP contribution in [0.4, 0.5) is 0 Å². The number of fused-ring (bicyclic) bond motifs is 1. The Labute approximate surface area is 187 Å². The third-order valence-corrected chi connectivity index (χ3v) is 6.22. The minimum atomic E-state index is -0.651. The topological polar surface area (TPSA) is 71.8 Å². The zero-order valence-electron chi connectivity index (χ0n) is 19.1. The number of methoxy groups -OCH3 is 1. The number of amides is 1. The zero-order valence-corrected chi connectivity index (χ0v) is 19.1. The molecule has 0 spiro atoms. The van der Waals surface area contributed by atoms with Gasteiger partial charge in [0.15, 0.2) is 0 Å². The summed E-state index contributed by atoms with van der Waals surface area (Å²) in [6, 6.07) is 10.9. The molecule has 3 aromatic rings. The van der Waals surface area contributed by atoms with Gasteiger partial charge in [-0.05, 0) is 49.6 Å². The van der Waals surface area contributed by atoms with Crippen molar-refractivity contribution in [2.24, 2.45) is 7.05 Å². The molecule has 1 amide bonds. The van der Waals surface area contributed by atoms with Crippen LogP contribution >= 0.6 is 0 Å². The van der Waals surface area contributed by atoms with E-state index in [0.717, 1.165) is 27.6 Å². The molecule has 6 heteroatoms. The Hall–Kier alpha value is -3.54. The van der Waals surface area contributed by atoms with E-state index in [1.165, 1.54) is 0 Å². The molecule has 1 unspecified atom stereocenters. The summed E-state index contributed by atoms with van der Waals surface area (Å²) in [5, 5.41) is 12.4. The molecule has 1 atom stereocenters. The predicted molar refractivity (Wildman–Crippen MR) is 125 cm³/mol. The second-order valence-corrected chi connectivity index (χ2v) is 8.34. The van der Waals surface area contributed by atoms with Crippen LogP contribution in [0, 0.1) is 13.8 Å². The molecule has 1 saturated heterocycles. The van der Waals surface area contributed by atoms with E-state index in [0.29, 0.717) is 24.3 Å². The minimum absolute atomic E-state index is 0.132. The molecule has 32 heavy (non-hydrogen) atoms. The number of Topliss-reactive ketones (excluding diaryl/α,β-unsaturated/α-hetero) is 1. The molecule has 1 aliphatic heterocycles. The molecule has 166 valence electrons. The average molecular weight is 433 g/mol. The first kappa shape index (κ1) is 21.7. The summed E-state index contributed by atoms with van der Waals surface area (Å²) in [7, 11) is 3.53. The van der Waals surface area contributed by atoms with E-state index in [9.17, 15) is 14.7 Å². The number of aliphatic hydroxyl groups excluding tert-OH is 1. The smallest absolute Gasteiger partial charge is 0.295 e. The molecule has 0 saturated carbocycles. The number of benzene rings is 2. The molecule has 0 radical (unpaired) electrons. The summed E-state index contributed by atoms with van der Waals surface area (Å²) < 4.78 is 7.37. The fraction of sp³-hybridized carbons (Fsp3) is 0.308. The van der Waals surface area contributed by atoms with Crippen LogP contribution in [0.15, 0.2) is 48.2 Å². The molecule has 1 aromatic heterocycles. The molecule has 2 heterocycles. The fourth-order valence-corrected chi connectivity index (χ4v) is 4.68. The largest absolute Gasteiger partial charge is 0.507 e. The zero-order chi connectivity index (χ0) is 23.2. The number of carbonyl (C=O) groups is 2. The van der Waals surface area contributed by atoms with E-state index in [2.05, 4.69) is 0 Å². The van der Waals surface area contributed by atoms with Crippen molar-refractivity contribution in [2.45, 2.75) is 33.2 Å². The standard InChI is InChI=1S/C26H28N2O4/c1-6-11-28-23(19-14-27(4)20-10-8-7-9-17(19)20)22(25(30)26(28)31)24(29)18-12-16(3)21(32-5)13-15(18)2/h7-10,12-14,23,29H,6,11H2,1-5H3/b24-22+. The molecule has 0 aliphatic carbocycles. The SMILES string of the molecule is CCCN1C(=O)C(=O)/C(=C(/O)c2cc(C)c(OC)cc2C)C1c1cn(C)c2ccccc12. The van der Waals surface area contributed by atoms with Crippen molar-refractivity contribution in [1.29, 1.82) is 0 Å². The van der Waals surface area contributed by atoms with Crippen LogP contribution in [-0.2, 0) is 16.6 Å². The maximum Gasteiger partial charge on any atom is 0.295 e. The van der Waals surface area contributed by atoms with Crippen molar-refractivity contribution in [3.05, 3.63) is 70.4 Å². The van der Waals surface area contributed by atoms with Crippen molar-refractivity contribution in [3.63, 3.8) is 0 Å². The Morgan fingerprint density at radius 2 is 1.84 bits per heavy atom. The van der Waals surface area contributed by atoms with Gasteiger partial charge in [-0.1, -0.05) is 25.1 Å². The van der Waals surface area contributed by atoms with Gasteiger partial charge in [0.05, 0.1) is 18.7 Å². The van der Waals surface area contributed by atoms with Gasteiger partial charge in [0.1, 0.15) is 11.5 Å². The Morgan fingerprint density at radius 1 is 1.12 bits per heavy atom. The van der Waals surface area contributed by atoms with Crippen LogP contribution in [0.25, 0.3) is 16.7 Å². The van der Waals surface area contributed by atoms with Crippen LogP contribution in [0.2, 0.25) is 0 Å². The number of ketones is 1. The Kier molecular flexibility index (Phi) is 5.55. The molecular weight excluding hydrogens is 404 g/mol. The lowest BCUT2D eigenvalue weighted by molar-refractivity contribution is -0.139. The van der Waals surface area contributed by atoms with E-state index in [1.807, 2.05) is 68.9 Å². The lowest BCUT2D eigenvalue weighted by Crippen LogP contribution is -2.30. The van der Waals surface area contributed by atoms with E-state index in [-0.39, 0.29) is 11.3 Å². The number of rotatable bonds is 5. The number of hydrogen-bond donors (Lipinski definition) is 1. The van der Waals surface area contributed by atoms with Crippen molar-refractivity contribution in [1.82, 2.24) is 9.47 Å². The van der Waals surface area contributed by atoms with Gasteiger partial charge in [0, 0.05) is 41.8 Å². The highest BCUT2D eigenvalue weighted by atomic mass is 16.5. The van der Waals surface area contributed by atoms with Gasteiger partial charge in [0.25, 0.3) is 11.7 Å². The van der Waals surface area contributed by atoms with Gasteiger partial charge in [-0.3, -0.25) is 9.59 Å². The number of para-hydroxylation sites is 1. The average Bonchev–Trinajstić information content (AvgIpc) is 3.24. The van der Waals surface area contributed by atoms with Gasteiger partial charge in [-0.25, -0.2) is 0 Å². The van der Waals surface area contributed by atoms with Crippen molar-refractivity contribution < 1.29 is 19.4 Å². The van der Waals surface area contributed by atoms with Crippen LogP contribution in [0.5, 0.6) is 5.75 Å². The van der Waals surface area contributed by atoms with Gasteiger partial charge >= 0.3 is 0 Å². The van der Waals surface area contributed by atoms with Gasteiger partial charge in [-0.15, -0.1) is 0 Å². The molecule has 6 nitrogen and oxygen atoms in total. The maximum atomic E-state index is 13.2. The van der Waals surface area contributed by atoms with Gasteiger partial charge < -0.3 is 19.3 Å². The normalized spacial score (nSPS) is 18.0. The molecular formula is C26H28N2O4. The summed E-state index contributed by atoms with van der Waals surface area (Å²) >= 11 is 0. The predicted octanol–water partition coefficient (Wildman–Crippen LogP) is 4.64. The van der Waals surface area contributed by atoms with Gasteiger partial charge in [-0.2, -0.15) is 0 Å². The van der Waals surface area contributed by atoms with E-state index < -0.39 is 17.7 Å². The summed E-state index contributed by atoms with van der Waals surface area (Å²) in [6.07, 6.45) is 2.65. The summed E-state index contributed by atoms with van der Waals surface area (Å²) in [4.78, 5) is 27.8. The fourth-order valence-electron chi connectivity index (χ4n) is 4.68. The summed E-state index contributed by atoms with van der Waals surface area (Å²) in [5.74, 6) is -0.671. The van der Waals surface area contributed by atoms with Crippen molar-refractivity contribution >= 4 is 28.4 Å². The second kappa shape index (κ2) is 8.19. The van der Waals surface area contributed by atoms with E-state index in [4.69, 9.17) is 4.74 Å². The van der Waals surface area contributed by atoms with Gasteiger partial charge in [0.2, 0.25) is 0 Å². The highest BCUT2D eigenvalue weighted by molar-refractivity contribution is 6.46. The monoisotopic (exact) mass is 432 g/mol. The number of hydrogen-bond acceptors (Lipinski definition) is 4. The Bertz CT molecular complexity index is 1270. The van der Waals surface area contributed by atoms with Crippen LogP contribution < -0.4 is 4.74 Å². The Balaban J connectivity index is 1.99. The van der Waals surface area contributed by atoms with E-state index >= 15 is 0 Å². The minimum Gasteiger partial charge on any atom is -0.507 e. The molecule has 0 bridgehead atoms. The number of aryl methyl sites for hydroxylation is 3. The van der Waals surface area contributed by atoms with Crippen molar-refractivity contribution in [2.75, 3.05) is 13.7 Å². The summed E-state index contributed by atoms with van der Waals surface area (Å²) in [5.41, 5.74) is 4.10. The van der Waals surface area contributed by atoms with Crippen LogP contribution in [0.1, 0.15) is 41.6 Å². The molecule has 1 N–H and O–H groups in total. The second-order valence-electron chi connectivity index (χ2n) is 8.34. The maximum absolute atomic E-state index is 13.2. The highest BCUT2D eigenvalue weighted by Gasteiger charge is 2.46. The first-order valence-electron chi connectivity index (χ1n) is 10.8. The quantitative estimate of drug-likeness (QED) is 0.362. The number of aliphatic hydroxyl groups is 1. The Morgan fingerprint density at radius 3 is 2.53 bits per heavy atom. The first-order valence-corrected chi connectivity index (χ1v) is 10.8. The molecule has 2 aromatic carbocycles. The summed E-state index contributed by atoms with van der Waals surface area (Å²) in [6.45, 7) is 6.13. The third kappa shape index (κ3) is 3.27. The lowest BCUT2D eigenvalue weighted by atomic mass is 9.93. The van der Waals surface area contributed by atoms with Crippen LogP contribution in [0.3, 0.4) is 0 Å². The number of carbonyl (C=O) groups excluding carboxylic acids is 2. The lowest BCUT2D eigenvalue weighted by Gasteiger charge is -2.24. The molecule has 4 rings (SSSR count). The first-order chi connectivity index (χ1) is 15.3. The van der Waals surface area contributed by atoms with E-state index in [1.54, 1.807) is 18.1 Å². The third-order valence-electron chi connectivity index (χ3n) is 6.22. The number of nitrogens with zero attached hydrogens (tertiary/aromatic N) is 2. The molecule has 1 aliphatic rings. The number of ether oxygens (including phenoxy) is 1. The number of aromatic nitrogens is 1. The molecule has 1 fully saturated rings. The highest BCUT2D eigenvalue weighted by Crippen LogP contribution is 2.43. The van der Waals surface area contributed by atoms with Crippen molar-refractivity contribution in [3.8, 4) is 5.75 Å².